The van der Waals surface area contributed by atoms with E-state index in [9.17, 15) is 0 Å². The quantitative estimate of drug-likeness (QED) is 0.149. The van der Waals surface area contributed by atoms with Crippen LogP contribution in [-0.2, 0) is 6.42 Å². The third-order valence-electron chi connectivity index (χ3n) is 14.6. The Morgan fingerprint density at radius 3 is 1.64 bits per heavy atom. The van der Waals surface area contributed by atoms with Gasteiger partial charge < -0.3 is 0 Å². The number of aromatic nitrogens is 2. The molecule has 326 valence electrons. The highest BCUT2D eigenvalue weighted by Gasteiger charge is 2.27. The summed E-state index contributed by atoms with van der Waals surface area (Å²) in [6, 6.07) is 76.1. The molecule has 0 bridgehead atoms. The molecule has 2 aliphatic rings. The van der Waals surface area contributed by atoms with Gasteiger partial charge in [-0.2, -0.15) is 0 Å². The van der Waals surface area contributed by atoms with Crippen LogP contribution >= 0.6 is 0 Å². The first-order valence-electron chi connectivity index (χ1n) is 24.3. The normalized spacial score (nSPS) is 14.2. The second kappa shape index (κ2) is 17.0. The van der Waals surface area contributed by atoms with Crippen molar-refractivity contribution >= 4 is 38.2 Å². The number of allylic oxidation sites excluding steroid dienone is 4. The maximum Gasteiger partial charge on any atom is 0.0979 e. The van der Waals surface area contributed by atoms with Crippen LogP contribution in [0, 0.1) is 0 Å². The van der Waals surface area contributed by atoms with Gasteiger partial charge in [-0.25, -0.2) is 4.98 Å². The molecule has 69 heavy (non-hydrogen) atoms. The van der Waals surface area contributed by atoms with Gasteiger partial charge in [0.2, 0.25) is 0 Å². The molecule has 0 radical (unpaired) electrons. The molecule has 11 aromatic rings. The van der Waals surface area contributed by atoms with E-state index in [0.29, 0.717) is 5.92 Å². The van der Waals surface area contributed by atoms with Gasteiger partial charge in [0, 0.05) is 16.3 Å². The highest BCUT2D eigenvalue weighted by atomic mass is 14.8. The third kappa shape index (κ3) is 7.37. The second-order valence-corrected chi connectivity index (χ2v) is 18.9. The van der Waals surface area contributed by atoms with E-state index in [1.807, 2.05) is 6.20 Å². The summed E-state index contributed by atoms with van der Waals surface area (Å²) >= 11 is 0. The summed E-state index contributed by atoms with van der Waals surface area (Å²) in [5, 5.41) is 4.64. The average molecular weight is 881 g/mol. The lowest BCUT2D eigenvalue weighted by molar-refractivity contribution is 0.751. The number of nitrogens with zero attached hydrogens (tertiary/aromatic N) is 2. The molecule has 0 amide bonds. The van der Waals surface area contributed by atoms with Crippen LogP contribution in [0.4, 0.5) is 0 Å². The van der Waals surface area contributed by atoms with Gasteiger partial charge in [0.1, 0.15) is 0 Å². The van der Waals surface area contributed by atoms with E-state index in [-0.39, 0.29) is 0 Å². The zero-order valence-corrected chi connectivity index (χ0v) is 38.5. The van der Waals surface area contributed by atoms with Crippen LogP contribution in [0.1, 0.15) is 42.4 Å². The van der Waals surface area contributed by atoms with Crippen molar-refractivity contribution in [2.75, 3.05) is 0 Å². The molecule has 1 aromatic heterocycles. The molecule has 2 nitrogen and oxygen atoms in total. The summed E-state index contributed by atoms with van der Waals surface area (Å²) in [4.78, 5) is 10.4. The Hall–Kier alpha value is -8.46. The average Bonchev–Trinajstić information content (AvgIpc) is 3.43. The second-order valence-electron chi connectivity index (χ2n) is 18.9. The summed E-state index contributed by atoms with van der Waals surface area (Å²) in [7, 11) is 0. The largest absolute Gasteiger partial charge is 0.252 e. The molecule has 2 aliphatic carbocycles. The predicted octanol–water partition coefficient (Wildman–Crippen LogP) is 18.0. The Morgan fingerprint density at radius 2 is 0.928 bits per heavy atom. The molecule has 2 heteroatoms. The van der Waals surface area contributed by atoms with E-state index in [0.717, 1.165) is 57.9 Å². The van der Waals surface area contributed by atoms with Crippen molar-refractivity contribution in [3.8, 4) is 78.0 Å². The van der Waals surface area contributed by atoms with Crippen LogP contribution in [0.5, 0.6) is 0 Å². The minimum absolute atomic E-state index is 0.319. The molecule has 13 rings (SSSR count). The van der Waals surface area contributed by atoms with Crippen LogP contribution in [0.3, 0.4) is 0 Å². The standard InChI is InChI=1S/C67H48N2/c1-43-34-54-33-32-52(48-22-12-20-46(35-48)44-16-4-2-5-17-44)39-61(54)63-41-56(51-25-13-21-47(36-51)45-18-6-3-7-19-45)40-62(65(43)63)53-26-14-23-49(37-53)50-24-15-27-55(38-50)64-42-68-66-59-30-10-8-28-57(59)58-29-9-11-31-60(58)67(66)69-64/h2-4,6-16,18-33,35-43H,5,17,34H2,1H3/t43-/m0/s1. The zero-order chi connectivity index (χ0) is 45.8. The van der Waals surface area contributed by atoms with Gasteiger partial charge in [-0.15, -0.1) is 0 Å². The topological polar surface area (TPSA) is 25.8 Å². The fourth-order valence-corrected chi connectivity index (χ4v) is 11.2. The van der Waals surface area contributed by atoms with Crippen LogP contribution in [-0.4, -0.2) is 9.97 Å². The number of fused-ring (bicyclic) bond motifs is 9. The highest BCUT2D eigenvalue weighted by molar-refractivity contribution is 6.23. The molecular weight excluding hydrogens is 833 g/mol. The Bertz CT molecular complexity index is 3860. The molecule has 0 N–H and O–H groups in total. The Kier molecular flexibility index (Phi) is 10.1. The summed E-state index contributed by atoms with van der Waals surface area (Å²) in [6.07, 6.45) is 11.8. The summed E-state index contributed by atoms with van der Waals surface area (Å²) in [5.41, 5.74) is 24.1. The van der Waals surface area contributed by atoms with E-state index in [4.69, 9.17) is 9.97 Å². The first kappa shape index (κ1) is 40.8. The predicted molar refractivity (Wildman–Crippen MR) is 291 cm³/mol. The lowest BCUT2D eigenvalue weighted by Gasteiger charge is -2.30. The maximum absolute atomic E-state index is 5.35. The molecule has 0 aliphatic heterocycles. The summed E-state index contributed by atoms with van der Waals surface area (Å²) in [6.45, 7) is 2.41. The van der Waals surface area contributed by atoms with Gasteiger partial charge >= 0.3 is 0 Å². The molecule has 10 aromatic carbocycles. The minimum atomic E-state index is 0.319. The van der Waals surface area contributed by atoms with E-state index >= 15 is 0 Å². The van der Waals surface area contributed by atoms with Crippen LogP contribution in [0.25, 0.3) is 116 Å². The monoisotopic (exact) mass is 880 g/mol. The summed E-state index contributed by atoms with van der Waals surface area (Å²) < 4.78 is 0. The Morgan fingerprint density at radius 1 is 0.406 bits per heavy atom. The van der Waals surface area contributed by atoms with Gasteiger partial charge in [0.25, 0.3) is 0 Å². The van der Waals surface area contributed by atoms with E-state index in [1.54, 1.807) is 0 Å². The first-order valence-corrected chi connectivity index (χ1v) is 24.3. The van der Waals surface area contributed by atoms with Crippen molar-refractivity contribution < 1.29 is 0 Å². The SMILES string of the molecule is C[C@H]1Cc2ccc(-c3cccc(C4=CC=CCC4)c3)cc2-c2cc(-c3cccc(-c4ccccc4)c3)cc(-c3cccc(-c4cccc(-c5cnc6c7ccccc7c7ccccc7c6n5)c4)c3)c21. The van der Waals surface area contributed by atoms with Crippen molar-refractivity contribution in [2.45, 2.75) is 32.1 Å². The summed E-state index contributed by atoms with van der Waals surface area (Å²) in [5.74, 6) is 0.319. The van der Waals surface area contributed by atoms with Crippen molar-refractivity contribution in [1.82, 2.24) is 9.97 Å². The van der Waals surface area contributed by atoms with Gasteiger partial charge in [-0.3, -0.25) is 4.98 Å². The maximum atomic E-state index is 5.35. The van der Waals surface area contributed by atoms with Gasteiger partial charge in [-0.05, 0) is 167 Å². The Labute approximate surface area is 403 Å². The van der Waals surface area contributed by atoms with E-state index < -0.39 is 0 Å². The van der Waals surface area contributed by atoms with Gasteiger partial charge in [0.15, 0.2) is 0 Å². The fraction of sp³-hybridized carbons (Fsp3) is 0.0746. The van der Waals surface area contributed by atoms with Gasteiger partial charge in [0.05, 0.1) is 22.9 Å². The molecule has 0 saturated heterocycles. The van der Waals surface area contributed by atoms with Crippen molar-refractivity contribution in [2.24, 2.45) is 0 Å². The van der Waals surface area contributed by atoms with Crippen LogP contribution in [0.2, 0.25) is 0 Å². The molecule has 0 saturated carbocycles. The van der Waals surface area contributed by atoms with E-state index in [2.05, 4.69) is 231 Å². The molecule has 0 spiro atoms. The molecule has 0 fully saturated rings. The van der Waals surface area contributed by atoms with Crippen LogP contribution < -0.4 is 0 Å². The molecule has 0 unspecified atom stereocenters. The van der Waals surface area contributed by atoms with Crippen LogP contribution in [0.15, 0.2) is 231 Å². The zero-order valence-electron chi connectivity index (χ0n) is 38.5. The van der Waals surface area contributed by atoms with Crippen molar-refractivity contribution in [3.63, 3.8) is 0 Å². The number of hydrogen-bond acceptors (Lipinski definition) is 2. The molecule has 1 heterocycles. The van der Waals surface area contributed by atoms with Crippen molar-refractivity contribution in [3.05, 3.63) is 247 Å². The first-order chi connectivity index (χ1) is 34.1. The smallest absolute Gasteiger partial charge is 0.0979 e. The number of hydrogen-bond donors (Lipinski definition) is 0. The number of benzene rings is 10. The minimum Gasteiger partial charge on any atom is -0.252 e. The van der Waals surface area contributed by atoms with Gasteiger partial charge in [-0.1, -0.05) is 189 Å². The third-order valence-corrected chi connectivity index (χ3v) is 14.6. The molecular formula is C67H48N2. The van der Waals surface area contributed by atoms with E-state index in [1.165, 1.54) is 94.2 Å². The lowest BCUT2D eigenvalue weighted by atomic mass is 9.74. The lowest BCUT2D eigenvalue weighted by Crippen LogP contribution is -2.11. The molecule has 1 atom stereocenters. The Balaban J connectivity index is 0.942. The highest BCUT2D eigenvalue weighted by Crippen LogP contribution is 2.48. The van der Waals surface area contributed by atoms with Crippen molar-refractivity contribution in [1.29, 1.82) is 0 Å². The fourth-order valence-electron chi connectivity index (χ4n) is 11.2. The number of rotatable bonds is 7.